The summed E-state index contributed by atoms with van der Waals surface area (Å²) in [4.78, 5) is 18.0. The first kappa shape index (κ1) is 18.9. The summed E-state index contributed by atoms with van der Waals surface area (Å²) < 4.78 is 11.1. The number of hydrogen-bond donors (Lipinski definition) is 1. The van der Waals surface area contributed by atoms with E-state index in [0.29, 0.717) is 30.6 Å². The molecule has 0 spiro atoms. The maximum absolute atomic E-state index is 11.7. The van der Waals surface area contributed by atoms with Gasteiger partial charge in [-0.2, -0.15) is 0 Å². The third kappa shape index (κ3) is 4.37. The van der Waals surface area contributed by atoms with Crippen LogP contribution in [0.15, 0.2) is 47.0 Å². The molecule has 1 amide bonds. The highest BCUT2D eigenvalue weighted by Crippen LogP contribution is 2.28. The molecule has 1 aliphatic rings. The van der Waals surface area contributed by atoms with E-state index in [0.717, 1.165) is 42.8 Å². The molecule has 0 bridgehead atoms. The average Bonchev–Trinajstić information content (AvgIpc) is 3.41. The Hall–Kier alpha value is -3.42. The number of carbonyl (C=O) groups excluding carboxylic acids is 1. The van der Waals surface area contributed by atoms with Crippen LogP contribution in [0, 0.1) is 0 Å². The van der Waals surface area contributed by atoms with E-state index < -0.39 is 0 Å². The van der Waals surface area contributed by atoms with E-state index in [9.17, 15) is 4.79 Å². The molecule has 0 aliphatic carbocycles. The highest BCUT2D eigenvalue weighted by molar-refractivity contribution is 5.78. The minimum Gasteiger partial charge on any atom is -0.497 e. The van der Waals surface area contributed by atoms with Crippen molar-refractivity contribution in [1.82, 2.24) is 20.1 Å². The molecule has 8 heteroatoms. The zero-order chi connectivity index (χ0) is 20.1. The van der Waals surface area contributed by atoms with E-state index in [1.807, 2.05) is 41.3 Å². The highest BCUT2D eigenvalue weighted by Gasteiger charge is 2.19. The fourth-order valence-corrected chi connectivity index (χ4v) is 3.32. The Balaban J connectivity index is 1.42. The molecule has 3 aromatic rings. The van der Waals surface area contributed by atoms with Gasteiger partial charge < -0.3 is 19.4 Å². The summed E-state index contributed by atoms with van der Waals surface area (Å²) in [5.74, 6) is 2.54. The van der Waals surface area contributed by atoms with Crippen LogP contribution in [0.25, 0.3) is 22.9 Å². The second-order valence-electron chi connectivity index (χ2n) is 6.81. The lowest BCUT2D eigenvalue weighted by molar-refractivity contribution is -0.127. The molecule has 1 fully saturated rings. The van der Waals surface area contributed by atoms with Gasteiger partial charge in [-0.05, 0) is 49.2 Å². The number of amides is 1. The standard InChI is InChI=1S/C21H23N5O3/c1-28-16-9-7-15(8-10-16)20-24-25-21(29-20)17-5-2-11-22-19(17)23-12-4-14-26-13-3-6-18(26)27/h2,5,7-11H,3-4,6,12-14H2,1H3,(H,22,23). The van der Waals surface area contributed by atoms with E-state index >= 15 is 0 Å². The van der Waals surface area contributed by atoms with Crippen LogP contribution < -0.4 is 10.1 Å². The van der Waals surface area contributed by atoms with Gasteiger partial charge in [-0.25, -0.2) is 4.98 Å². The fraction of sp³-hybridized carbons (Fsp3) is 0.333. The maximum Gasteiger partial charge on any atom is 0.251 e. The summed E-state index contributed by atoms with van der Waals surface area (Å²) in [6.45, 7) is 2.33. The van der Waals surface area contributed by atoms with Gasteiger partial charge in [0.1, 0.15) is 11.6 Å². The fourth-order valence-electron chi connectivity index (χ4n) is 3.32. The number of hydrogen-bond acceptors (Lipinski definition) is 7. The molecule has 2 aromatic heterocycles. The molecule has 3 heterocycles. The number of aromatic nitrogens is 3. The minimum absolute atomic E-state index is 0.250. The SMILES string of the molecule is COc1ccc(-c2nnc(-c3cccnc3NCCCN3CCCC3=O)o2)cc1. The molecule has 150 valence electrons. The second kappa shape index (κ2) is 8.72. The zero-order valence-electron chi connectivity index (χ0n) is 16.3. The molecule has 1 saturated heterocycles. The third-order valence-electron chi connectivity index (χ3n) is 4.87. The number of anilines is 1. The number of benzene rings is 1. The van der Waals surface area contributed by atoms with Gasteiger partial charge in [0, 0.05) is 37.8 Å². The Morgan fingerprint density at radius 1 is 1.17 bits per heavy atom. The minimum atomic E-state index is 0.250. The van der Waals surface area contributed by atoms with Gasteiger partial charge in [0.05, 0.1) is 12.7 Å². The first-order chi connectivity index (χ1) is 14.2. The summed E-state index contributed by atoms with van der Waals surface area (Å²) in [5.41, 5.74) is 1.57. The summed E-state index contributed by atoms with van der Waals surface area (Å²) >= 11 is 0. The molecule has 1 N–H and O–H groups in total. The van der Waals surface area contributed by atoms with Crippen LogP contribution in [0.5, 0.6) is 5.75 Å². The normalized spacial score (nSPS) is 13.7. The van der Waals surface area contributed by atoms with Crippen LogP contribution in [0.2, 0.25) is 0 Å². The topological polar surface area (TPSA) is 93.4 Å². The van der Waals surface area contributed by atoms with E-state index in [4.69, 9.17) is 9.15 Å². The Morgan fingerprint density at radius 2 is 2.00 bits per heavy atom. The summed E-state index contributed by atoms with van der Waals surface area (Å²) in [7, 11) is 1.62. The van der Waals surface area contributed by atoms with E-state index in [1.54, 1.807) is 13.3 Å². The number of nitrogens with one attached hydrogen (secondary N) is 1. The summed E-state index contributed by atoms with van der Waals surface area (Å²) in [5, 5.41) is 11.7. The molecule has 0 saturated carbocycles. The van der Waals surface area contributed by atoms with Crippen LogP contribution in [-0.4, -0.2) is 52.7 Å². The summed E-state index contributed by atoms with van der Waals surface area (Å²) in [6, 6.07) is 11.2. The van der Waals surface area contributed by atoms with Crippen LogP contribution in [0.4, 0.5) is 5.82 Å². The number of methoxy groups -OCH3 is 1. The lowest BCUT2D eigenvalue weighted by Gasteiger charge is -2.15. The highest BCUT2D eigenvalue weighted by atomic mass is 16.5. The van der Waals surface area contributed by atoms with Crippen molar-refractivity contribution in [2.24, 2.45) is 0 Å². The van der Waals surface area contributed by atoms with E-state index in [1.165, 1.54) is 0 Å². The number of carbonyl (C=O) groups is 1. The van der Waals surface area contributed by atoms with Crippen molar-refractivity contribution in [2.45, 2.75) is 19.3 Å². The first-order valence-corrected chi connectivity index (χ1v) is 9.69. The van der Waals surface area contributed by atoms with Crippen LogP contribution in [0.3, 0.4) is 0 Å². The van der Waals surface area contributed by atoms with Crippen molar-refractivity contribution in [2.75, 3.05) is 32.1 Å². The first-order valence-electron chi connectivity index (χ1n) is 9.69. The molecule has 1 aromatic carbocycles. The predicted molar refractivity (Wildman–Crippen MR) is 108 cm³/mol. The van der Waals surface area contributed by atoms with Crippen molar-refractivity contribution < 1.29 is 13.9 Å². The molecule has 0 atom stereocenters. The lowest BCUT2D eigenvalue weighted by Crippen LogP contribution is -2.27. The number of likely N-dealkylation sites (tertiary alicyclic amines) is 1. The van der Waals surface area contributed by atoms with E-state index in [2.05, 4.69) is 20.5 Å². The van der Waals surface area contributed by atoms with Crippen LogP contribution >= 0.6 is 0 Å². The average molecular weight is 393 g/mol. The number of rotatable bonds is 8. The van der Waals surface area contributed by atoms with Gasteiger partial charge in [-0.1, -0.05) is 0 Å². The van der Waals surface area contributed by atoms with Gasteiger partial charge in [0.2, 0.25) is 11.8 Å². The molecule has 8 nitrogen and oxygen atoms in total. The van der Waals surface area contributed by atoms with Crippen molar-refractivity contribution in [3.05, 3.63) is 42.6 Å². The van der Waals surface area contributed by atoms with Gasteiger partial charge in [-0.3, -0.25) is 4.79 Å². The molecule has 0 unspecified atom stereocenters. The quantitative estimate of drug-likeness (QED) is 0.587. The van der Waals surface area contributed by atoms with Crippen LogP contribution in [0.1, 0.15) is 19.3 Å². The maximum atomic E-state index is 11.7. The number of ether oxygens (including phenoxy) is 1. The van der Waals surface area contributed by atoms with Gasteiger partial charge in [-0.15, -0.1) is 10.2 Å². The molecular formula is C21H23N5O3. The third-order valence-corrected chi connectivity index (χ3v) is 4.87. The largest absolute Gasteiger partial charge is 0.497 e. The Bertz CT molecular complexity index is 970. The van der Waals surface area contributed by atoms with Gasteiger partial charge >= 0.3 is 0 Å². The molecular weight excluding hydrogens is 370 g/mol. The monoisotopic (exact) mass is 393 g/mol. The lowest BCUT2D eigenvalue weighted by atomic mass is 10.2. The molecule has 29 heavy (non-hydrogen) atoms. The van der Waals surface area contributed by atoms with E-state index in [-0.39, 0.29) is 5.91 Å². The summed E-state index contributed by atoms with van der Waals surface area (Å²) in [6.07, 6.45) is 4.20. The van der Waals surface area contributed by atoms with Crippen molar-refractivity contribution in [3.8, 4) is 28.7 Å². The van der Waals surface area contributed by atoms with Gasteiger partial charge in [0.15, 0.2) is 0 Å². The molecule has 4 rings (SSSR count). The Morgan fingerprint density at radius 3 is 2.76 bits per heavy atom. The smallest absolute Gasteiger partial charge is 0.251 e. The van der Waals surface area contributed by atoms with Crippen LogP contribution in [-0.2, 0) is 4.79 Å². The number of nitrogens with zero attached hydrogens (tertiary/aromatic N) is 4. The van der Waals surface area contributed by atoms with Crippen molar-refractivity contribution >= 4 is 11.7 Å². The predicted octanol–water partition coefficient (Wildman–Crippen LogP) is 3.23. The van der Waals surface area contributed by atoms with Crippen molar-refractivity contribution in [3.63, 3.8) is 0 Å². The van der Waals surface area contributed by atoms with Gasteiger partial charge in [0.25, 0.3) is 5.89 Å². The molecule has 1 aliphatic heterocycles. The molecule has 0 radical (unpaired) electrons. The number of pyridine rings is 1. The Kier molecular flexibility index (Phi) is 5.69. The second-order valence-corrected chi connectivity index (χ2v) is 6.81. The zero-order valence-corrected chi connectivity index (χ0v) is 16.3. The Labute approximate surface area is 168 Å². The van der Waals surface area contributed by atoms with Crippen molar-refractivity contribution in [1.29, 1.82) is 0 Å².